The van der Waals surface area contributed by atoms with Crippen LogP contribution >= 0.6 is 0 Å². The van der Waals surface area contributed by atoms with Gasteiger partial charge in [0.25, 0.3) is 5.91 Å². The topological polar surface area (TPSA) is 383 Å². The minimum absolute atomic E-state index is 0.00473. The number of carboxylic acids is 1. The van der Waals surface area contributed by atoms with Gasteiger partial charge in [-0.3, -0.25) is 53.6 Å². The molecule has 0 aromatic carbocycles. The maximum Gasteiger partial charge on any atom is 0.326 e. The van der Waals surface area contributed by atoms with Gasteiger partial charge in [0.2, 0.25) is 47.3 Å². The summed E-state index contributed by atoms with van der Waals surface area (Å²) in [5.74, 6) is -10.3. The number of rotatable bonds is 33. The molecular formula is C44H75N9O16. The van der Waals surface area contributed by atoms with Crippen molar-refractivity contribution in [3.05, 3.63) is 12.2 Å². The summed E-state index contributed by atoms with van der Waals surface area (Å²) in [6, 6.07) is -10.2. The Bertz CT molecular complexity index is 1720. The van der Waals surface area contributed by atoms with Crippen LogP contribution in [0.2, 0.25) is 0 Å². The van der Waals surface area contributed by atoms with Crippen LogP contribution in [0.5, 0.6) is 0 Å². The molecule has 13 N–H and O–H groups in total. The second-order valence-electron chi connectivity index (χ2n) is 16.8. The molecule has 0 bridgehead atoms. The fourth-order valence-corrected chi connectivity index (χ4v) is 6.87. The standard InChI is InChI=1S/C44H75N9O16/c1-4-5-6-7-8-9-10-11-12-13-14-15-16-21-35(58)51-36-37(59)43(65)45-23-22-31(47-42(36)64)39(61)50-33(26-54)40(62)46-30(19-17-24-52(68)28(2)56)38(60)49-34(27-55)41(63)48-32(44(66)67)20-18-25-53(69)29(3)57/h9-10,30-34,36-37,54-55,59,68-69H,4-8,11-27H2,1-3H3,(H,45,65)(H,46,62)(H,47,64)(H,48,63)(H,49,60)(H,50,61)(H,51,58)(H,66,67). The number of allylic oxidation sites excluding steroid dienone is 2. The highest BCUT2D eigenvalue weighted by molar-refractivity contribution is 5.99. The van der Waals surface area contributed by atoms with E-state index < -0.39 is 115 Å². The smallest absolute Gasteiger partial charge is 0.326 e. The Labute approximate surface area is 401 Å². The molecule has 0 saturated carbocycles. The molecule has 1 fully saturated rings. The highest BCUT2D eigenvalue weighted by atomic mass is 16.5. The summed E-state index contributed by atoms with van der Waals surface area (Å²) in [5.41, 5.74) is 0. The molecule has 1 saturated heterocycles. The van der Waals surface area contributed by atoms with Crippen LogP contribution in [0, 0.1) is 0 Å². The van der Waals surface area contributed by atoms with Gasteiger partial charge in [-0.1, -0.05) is 57.6 Å². The quantitative estimate of drug-likeness (QED) is 0.0148. The number of aliphatic carboxylic acids is 1. The van der Waals surface area contributed by atoms with Gasteiger partial charge >= 0.3 is 5.97 Å². The Balaban J connectivity index is 2.99. The van der Waals surface area contributed by atoms with E-state index >= 15 is 0 Å². The van der Waals surface area contributed by atoms with Crippen molar-refractivity contribution < 1.29 is 78.8 Å². The average Bonchev–Trinajstić information content (AvgIpc) is 3.35. The van der Waals surface area contributed by atoms with Gasteiger partial charge in [0, 0.05) is 39.9 Å². The lowest BCUT2D eigenvalue weighted by atomic mass is 10.1. The first-order chi connectivity index (χ1) is 32.8. The number of carbonyl (C=O) groups excluding carboxylic acids is 9. The number of amides is 9. The number of hydroxylamine groups is 4. The van der Waals surface area contributed by atoms with Crippen LogP contribution in [-0.2, 0) is 47.9 Å². The largest absolute Gasteiger partial charge is 0.480 e. The maximum absolute atomic E-state index is 13.5. The van der Waals surface area contributed by atoms with Crippen LogP contribution in [0.4, 0.5) is 0 Å². The van der Waals surface area contributed by atoms with Gasteiger partial charge in [-0.25, -0.2) is 14.9 Å². The molecule has 1 rings (SSSR count). The van der Waals surface area contributed by atoms with Crippen molar-refractivity contribution in [3.63, 3.8) is 0 Å². The number of hydrogen-bond acceptors (Lipinski definition) is 15. The average molecular weight is 986 g/mol. The summed E-state index contributed by atoms with van der Waals surface area (Å²) in [7, 11) is 0. The van der Waals surface area contributed by atoms with Gasteiger partial charge < -0.3 is 57.6 Å². The molecule has 0 aromatic rings. The second kappa shape index (κ2) is 34.5. The molecule has 0 aromatic heterocycles. The van der Waals surface area contributed by atoms with Crippen LogP contribution in [0.3, 0.4) is 0 Å². The van der Waals surface area contributed by atoms with Crippen molar-refractivity contribution in [3.8, 4) is 0 Å². The summed E-state index contributed by atoms with van der Waals surface area (Å²) in [6.45, 7) is 1.26. The van der Waals surface area contributed by atoms with E-state index in [-0.39, 0.29) is 58.2 Å². The Morgan fingerprint density at radius 1 is 0.667 bits per heavy atom. The lowest BCUT2D eigenvalue weighted by Crippen LogP contribution is -2.61. The normalized spacial score (nSPS) is 17.8. The first-order valence-electron chi connectivity index (χ1n) is 23.6. The first-order valence-corrected chi connectivity index (χ1v) is 23.6. The van der Waals surface area contributed by atoms with Crippen LogP contribution < -0.4 is 37.2 Å². The molecule has 69 heavy (non-hydrogen) atoms. The number of unbranched alkanes of at least 4 members (excludes halogenated alkanes) is 9. The van der Waals surface area contributed by atoms with Gasteiger partial charge in [-0.15, -0.1) is 0 Å². The summed E-state index contributed by atoms with van der Waals surface area (Å²) in [4.78, 5) is 127. The van der Waals surface area contributed by atoms with Gasteiger partial charge in [-0.05, 0) is 64.2 Å². The number of aliphatic hydroxyl groups is 3. The molecule has 0 spiro atoms. The van der Waals surface area contributed by atoms with Crippen LogP contribution in [0.15, 0.2) is 12.2 Å². The third-order valence-electron chi connectivity index (χ3n) is 11.0. The molecular weight excluding hydrogens is 911 g/mol. The van der Waals surface area contributed by atoms with Gasteiger partial charge in [-0.2, -0.15) is 0 Å². The second-order valence-corrected chi connectivity index (χ2v) is 16.8. The summed E-state index contributed by atoms with van der Waals surface area (Å²) in [6.07, 6.45) is 12.2. The lowest BCUT2D eigenvalue weighted by molar-refractivity contribution is -0.163. The number of nitrogens with one attached hydrogen (secondary N) is 7. The van der Waals surface area contributed by atoms with Crippen LogP contribution in [0.25, 0.3) is 0 Å². The van der Waals surface area contributed by atoms with Crippen LogP contribution in [-0.4, -0.2) is 175 Å². The first kappa shape index (κ1) is 61.3. The SMILES string of the molecule is CCCCCCC=CCCCCCCCC(=O)NC1C(=O)NC(C(=O)NC(CO)C(=O)NC(CCCN(O)C(C)=O)C(=O)NC(CO)C(=O)NC(CCCN(O)C(C)=O)C(=O)O)CCNC(=O)C1O. The Kier molecular flexibility index (Phi) is 30.6. The van der Waals surface area contributed by atoms with Crippen molar-refractivity contribution in [1.82, 2.24) is 47.3 Å². The zero-order chi connectivity index (χ0) is 51.9. The third kappa shape index (κ3) is 24.9. The molecule has 1 heterocycles. The van der Waals surface area contributed by atoms with Crippen molar-refractivity contribution in [2.24, 2.45) is 0 Å². The van der Waals surface area contributed by atoms with E-state index in [0.717, 1.165) is 52.4 Å². The number of carboxylic acid groups (broad SMARTS) is 1. The van der Waals surface area contributed by atoms with Crippen LogP contribution in [0.1, 0.15) is 130 Å². The predicted molar refractivity (Wildman–Crippen MR) is 244 cm³/mol. The predicted octanol–water partition coefficient (Wildman–Crippen LogP) is -1.86. The molecule has 7 unspecified atom stereocenters. The van der Waals surface area contributed by atoms with E-state index in [4.69, 9.17) is 0 Å². The summed E-state index contributed by atoms with van der Waals surface area (Å²) in [5, 5.41) is 76.4. The van der Waals surface area contributed by atoms with E-state index in [1.54, 1.807) is 0 Å². The highest BCUT2D eigenvalue weighted by Gasteiger charge is 2.38. The fraction of sp³-hybridized carbons (Fsp3) is 0.727. The maximum atomic E-state index is 13.5. The molecule has 1 aliphatic rings. The Morgan fingerprint density at radius 2 is 1.14 bits per heavy atom. The monoisotopic (exact) mass is 986 g/mol. The van der Waals surface area contributed by atoms with Gasteiger partial charge in [0.15, 0.2) is 6.10 Å². The molecule has 0 aliphatic carbocycles. The molecule has 392 valence electrons. The van der Waals surface area contributed by atoms with Crippen molar-refractivity contribution in [1.29, 1.82) is 0 Å². The minimum Gasteiger partial charge on any atom is -0.480 e. The summed E-state index contributed by atoms with van der Waals surface area (Å²) >= 11 is 0. The van der Waals surface area contributed by atoms with E-state index in [1.165, 1.54) is 25.7 Å². The minimum atomic E-state index is -2.03. The number of aliphatic hydroxyl groups excluding tert-OH is 3. The lowest BCUT2D eigenvalue weighted by Gasteiger charge is -2.26. The number of nitrogens with zero attached hydrogens (tertiary/aromatic N) is 2. The van der Waals surface area contributed by atoms with Crippen molar-refractivity contribution in [2.75, 3.05) is 32.8 Å². The van der Waals surface area contributed by atoms with E-state index in [9.17, 15) is 78.8 Å². The molecule has 25 heteroatoms. The molecule has 0 radical (unpaired) electrons. The third-order valence-corrected chi connectivity index (χ3v) is 11.0. The zero-order valence-corrected chi connectivity index (χ0v) is 39.9. The molecule has 7 atom stereocenters. The zero-order valence-electron chi connectivity index (χ0n) is 39.9. The molecule has 25 nitrogen and oxygen atoms in total. The molecule has 9 amide bonds. The Morgan fingerprint density at radius 3 is 1.68 bits per heavy atom. The molecule has 1 aliphatic heterocycles. The Hall–Kier alpha value is -5.76. The number of carbonyl (C=O) groups is 10. The fourth-order valence-electron chi connectivity index (χ4n) is 6.87. The van der Waals surface area contributed by atoms with E-state index in [1.807, 2.05) is 0 Å². The van der Waals surface area contributed by atoms with Gasteiger partial charge in [0.05, 0.1) is 13.2 Å². The van der Waals surface area contributed by atoms with Crippen molar-refractivity contribution >= 4 is 59.1 Å². The highest BCUT2D eigenvalue weighted by Crippen LogP contribution is 2.11. The van der Waals surface area contributed by atoms with Crippen molar-refractivity contribution in [2.45, 2.75) is 172 Å². The summed E-state index contributed by atoms with van der Waals surface area (Å²) < 4.78 is 0. The number of hydrogen-bond donors (Lipinski definition) is 13. The van der Waals surface area contributed by atoms with Gasteiger partial charge in [0.1, 0.15) is 36.3 Å². The van der Waals surface area contributed by atoms with E-state index in [2.05, 4.69) is 56.3 Å². The van der Waals surface area contributed by atoms with E-state index in [0.29, 0.717) is 16.5 Å².